The van der Waals surface area contributed by atoms with Crippen LogP contribution < -0.4 is 15.4 Å². The molecular formula is C26H25N3O3S. The Morgan fingerprint density at radius 2 is 1.91 bits per heavy atom. The van der Waals surface area contributed by atoms with Crippen molar-refractivity contribution in [2.75, 3.05) is 12.4 Å². The molecule has 4 rings (SSSR count). The smallest absolute Gasteiger partial charge is 0.257 e. The van der Waals surface area contributed by atoms with Gasteiger partial charge in [-0.05, 0) is 84.7 Å². The zero-order valence-corrected chi connectivity index (χ0v) is 19.5. The minimum Gasteiger partial charge on any atom is -0.497 e. The van der Waals surface area contributed by atoms with Crippen LogP contribution in [0.15, 0.2) is 71.1 Å². The summed E-state index contributed by atoms with van der Waals surface area (Å²) < 4.78 is 11.1. The number of oxazole rings is 1. The predicted molar refractivity (Wildman–Crippen MR) is 135 cm³/mol. The third-order valence-corrected chi connectivity index (χ3v) is 5.75. The second-order valence-corrected chi connectivity index (χ2v) is 8.18. The van der Waals surface area contributed by atoms with Gasteiger partial charge < -0.3 is 14.5 Å². The van der Waals surface area contributed by atoms with Crippen LogP contribution in [0.3, 0.4) is 0 Å². The molecule has 0 spiro atoms. The van der Waals surface area contributed by atoms with E-state index in [1.807, 2.05) is 30.3 Å². The van der Waals surface area contributed by atoms with Crippen LogP contribution in [0.25, 0.3) is 22.6 Å². The van der Waals surface area contributed by atoms with Crippen molar-refractivity contribution in [1.29, 1.82) is 0 Å². The van der Waals surface area contributed by atoms with Gasteiger partial charge in [0, 0.05) is 16.8 Å². The number of methoxy groups -OCH3 is 1. The Balaban J connectivity index is 1.42. The molecule has 7 heteroatoms. The van der Waals surface area contributed by atoms with Crippen LogP contribution >= 0.6 is 12.2 Å². The highest BCUT2D eigenvalue weighted by Gasteiger charge is 2.12. The Hall–Kier alpha value is -3.71. The van der Waals surface area contributed by atoms with Crippen molar-refractivity contribution in [3.63, 3.8) is 0 Å². The Morgan fingerprint density at radius 3 is 2.64 bits per heavy atom. The van der Waals surface area contributed by atoms with E-state index in [1.54, 1.807) is 31.4 Å². The van der Waals surface area contributed by atoms with Gasteiger partial charge in [0.15, 0.2) is 10.7 Å². The summed E-state index contributed by atoms with van der Waals surface area (Å²) in [5.41, 5.74) is 4.93. The molecule has 0 radical (unpaired) electrons. The Labute approximate surface area is 198 Å². The number of carbonyl (C=O) groups is 1. The summed E-state index contributed by atoms with van der Waals surface area (Å²) in [4.78, 5) is 17.1. The lowest BCUT2D eigenvalue weighted by Crippen LogP contribution is -2.34. The molecule has 1 amide bonds. The lowest BCUT2D eigenvalue weighted by Gasteiger charge is -2.10. The second-order valence-electron chi connectivity index (χ2n) is 7.77. The van der Waals surface area contributed by atoms with Gasteiger partial charge in [0.1, 0.15) is 11.3 Å². The minimum absolute atomic E-state index is 0.204. The normalized spacial score (nSPS) is 11.7. The fourth-order valence-electron chi connectivity index (χ4n) is 3.41. The summed E-state index contributed by atoms with van der Waals surface area (Å²) in [6.07, 6.45) is 1.08. The fraction of sp³-hybridized carbons (Fsp3) is 0.192. The molecule has 6 nitrogen and oxygen atoms in total. The quantitative estimate of drug-likeness (QED) is 0.337. The molecule has 0 aliphatic rings. The summed E-state index contributed by atoms with van der Waals surface area (Å²) in [7, 11) is 1.55. The molecule has 0 aliphatic carbocycles. The first-order valence-corrected chi connectivity index (χ1v) is 11.1. The van der Waals surface area contributed by atoms with Crippen molar-refractivity contribution in [3.8, 4) is 17.2 Å². The first kappa shape index (κ1) is 22.5. The highest BCUT2D eigenvalue weighted by Crippen LogP contribution is 2.28. The van der Waals surface area contributed by atoms with Crippen LogP contribution in [-0.4, -0.2) is 23.1 Å². The molecule has 1 aromatic heterocycles. The number of aromatic nitrogens is 1. The standard InChI is InChI=1S/C26H25N3O3S/c1-4-16(2)18-10-13-23-22(15-18)28-25(32-23)17-8-11-20(12-9-17)27-26(33)29-24(30)19-6-5-7-21(14-19)31-3/h5-16H,4H2,1-3H3,(H2,27,29,30,33). The lowest BCUT2D eigenvalue weighted by molar-refractivity contribution is 0.0977. The average molecular weight is 460 g/mol. The van der Waals surface area contributed by atoms with Crippen LogP contribution in [-0.2, 0) is 0 Å². The number of nitrogens with zero attached hydrogens (tertiary/aromatic N) is 1. The van der Waals surface area contributed by atoms with Crippen molar-refractivity contribution in [2.45, 2.75) is 26.2 Å². The van der Waals surface area contributed by atoms with E-state index in [0.29, 0.717) is 23.1 Å². The number of hydrogen-bond acceptors (Lipinski definition) is 5. The largest absolute Gasteiger partial charge is 0.497 e. The van der Waals surface area contributed by atoms with E-state index in [4.69, 9.17) is 21.4 Å². The van der Waals surface area contributed by atoms with E-state index in [9.17, 15) is 4.79 Å². The number of hydrogen-bond donors (Lipinski definition) is 2. The van der Waals surface area contributed by atoms with Crippen LogP contribution in [0.2, 0.25) is 0 Å². The molecule has 0 fully saturated rings. The number of carbonyl (C=O) groups excluding carboxylic acids is 1. The number of ether oxygens (including phenoxy) is 1. The van der Waals surface area contributed by atoms with E-state index in [1.165, 1.54) is 5.56 Å². The van der Waals surface area contributed by atoms with Crippen molar-refractivity contribution in [2.24, 2.45) is 0 Å². The maximum Gasteiger partial charge on any atom is 0.257 e. The summed E-state index contributed by atoms with van der Waals surface area (Å²) in [6, 6.07) is 20.6. The number of benzene rings is 3. The first-order valence-electron chi connectivity index (χ1n) is 10.7. The lowest BCUT2D eigenvalue weighted by atomic mass is 9.98. The molecule has 2 N–H and O–H groups in total. The number of amides is 1. The molecule has 33 heavy (non-hydrogen) atoms. The Bertz CT molecular complexity index is 1300. The van der Waals surface area contributed by atoms with Crippen LogP contribution in [0.5, 0.6) is 5.75 Å². The molecule has 1 unspecified atom stereocenters. The van der Waals surface area contributed by atoms with E-state index in [-0.39, 0.29) is 11.0 Å². The zero-order valence-electron chi connectivity index (χ0n) is 18.7. The van der Waals surface area contributed by atoms with Crippen molar-refractivity contribution >= 4 is 40.0 Å². The van der Waals surface area contributed by atoms with Crippen LogP contribution in [0, 0.1) is 0 Å². The molecule has 0 saturated heterocycles. The predicted octanol–water partition coefficient (Wildman–Crippen LogP) is 6.14. The van der Waals surface area contributed by atoms with Gasteiger partial charge in [-0.3, -0.25) is 10.1 Å². The van der Waals surface area contributed by atoms with Crippen LogP contribution in [0.1, 0.15) is 42.1 Å². The van der Waals surface area contributed by atoms with Gasteiger partial charge in [0.05, 0.1) is 7.11 Å². The van der Waals surface area contributed by atoms with Gasteiger partial charge in [-0.2, -0.15) is 0 Å². The third kappa shape index (κ3) is 5.21. The summed E-state index contributed by atoms with van der Waals surface area (Å²) in [6.45, 7) is 4.38. The van der Waals surface area contributed by atoms with E-state index in [0.717, 1.165) is 28.8 Å². The van der Waals surface area contributed by atoms with Crippen LogP contribution in [0.4, 0.5) is 5.69 Å². The molecule has 4 aromatic rings. The number of anilines is 1. The fourth-order valence-corrected chi connectivity index (χ4v) is 3.62. The van der Waals surface area contributed by atoms with Crippen molar-refractivity contribution < 1.29 is 13.9 Å². The number of nitrogens with one attached hydrogen (secondary N) is 2. The maximum absolute atomic E-state index is 12.4. The molecule has 1 heterocycles. The molecule has 0 aliphatic heterocycles. The van der Waals surface area contributed by atoms with Crippen molar-refractivity contribution in [3.05, 3.63) is 77.9 Å². The third-order valence-electron chi connectivity index (χ3n) is 5.54. The van der Waals surface area contributed by atoms with Gasteiger partial charge in [-0.15, -0.1) is 0 Å². The van der Waals surface area contributed by atoms with Gasteiger partial charge in [-0.25, -0.2) is 4.98 Å². The minimum atomic E-state index is -0.314. The Morgan fingerprint density at radius 1 is 1.12 bits per heavy atom. The SMILES string of the molecule is CCC(C)c1ccc2oc(-c3ccc(NC(=S)NC(=O)c4cccc(OC)c4)cc3)nc2c1. The Kier molecular flexibility index (Phi) is 6.70. The summed E-state index contributed by atoms with van der Waals surface area (Å²) in [5.74, 6) is 1.33. The monoisotopic (exact) mass is 459 g/mol. The number of thiocarbonyl (C=S) groups is 1. The molecule has 168 valence electrons. The number of fused-ring (bicyclic) bond motifs is 1. The molecule has 3 aromatic carbocycles. The van der Waals surface area contributed by atoms with Gasteiger partial charge in [-0.1, -0.05) is 26.0 Å². The maximum atomic E-state index is 12.4. The average Bonchev–Trinajstić information content (AvgIpc) is 3.27. The molecule has 0 bridgehead atoms. The highest BCUT2D eigenvalue weighted by molar-refractivity contribution is 7.80. The van der Waals surface area contributed by atoms with Gasteiger partial charge in [0.25, 0.3) is 5.91 Å². The molecule has 0 saturated carbocycles. The topological polar surface area (TPSA) is 76.4 Å². The van der Waals surface area contributed by atoms with Gasteiger partial charge >= 0.3 is 0 Å². The van der Waals surface area contributed by atoms with Gasteiger partial charge in [0.2, 0.25) is 5.89 Å². The number of rotatable bonds is 6. The summed E-state index contributed by atoms with van der Waals surface area (Å²) in [5, 5.41) is 5.90. The van der Waals surface area contributed by atoms with E-state index >= 15 is 0 Å². The highest BCUT2D eigenvalue weighted by atomic mass is 32.1. The first-order chi connectivity index (χ1) is 16.0. The molecule has 1 atom stereocenters. The molecular weight excluding hydrogens is 434 g/mol. The second kappa shape index (κ2) is 9.83. The van der Waals surface area contributed by atoms with E-state index < -0.39 is 0 Å². The van der Waals surface area contributed by atoms with Crippen molar-refractivity contribution in [1.82, 2.24) is 10.3 Å². The van der Waals surface area contributed by atoms with E-state index in [2.05, 4.69) is 41.6 Å². The summed E-state index contributed by atoms with van der Waals surface area (Å²) >= 11 is 5.28. The zero-order chi connectivity index (χ0) is 23.4.